The summed E-state index contributed by atoms with van der Waals surface area (Å²) in [5, 5.41) is 0. The van der Waals surface area contributed by atoms with Crippen LogP contribution in [0.5, 0.6) is 0 Å². The predicted octanol–water partition coefficient (Wildman–Crippen LogP) is 0.503. The van der Waals surface area contributed by atoms with Crippen molar-refractivity contribution in [2.45, 2.75) is 44.8 Å². The van der Waals surface area contributed by atoms with Crippen molar-refractivity contribution in [3.63, 3.8) is 0 Å². The first-order chi connectivity index (χ1) is 6.69. The number of hydrogen-bond acceptors (Lipinski definition) is 3. The van der Waals surface area contributed by atoms with Gasteiger partial charge in [-0.2, -0.15) is 4.31 Å². The molecule has 0 unspecified atom stereocenters. The van der Waals surface area contributed by atoms with Gasteiger partial charge in [0.25, 0.3) is 0 Å². The Hall–Kier alpha value is -0.130. The van der Waals surface area contributed by atoms with Gasteiger partial charge in [-0.15, -0.1) is 0 Å². The molecule has 0 aromatic rings. The lowest BCUT2D eigenvalue weighted by Crippen LogP contribution is -2.54. The van der Waals surface area contributed by atoms with Crippen molar-refractivity contribution < 1.29 is 8.42 Å². The van der Waals surface area contributed by atoms with Crippen LogP contribution in [0.2, 0.25) is 0 Å². The lowest BCUT2D eigenvalue weighted by Gasteiger charge is -2.41. The minimum atomic E-state index is -3.00. The van der Waals surface area contributed by atoms with Gasteiger partial charge in [-0.25, -0.2) is 8.42 Å². The highest BCUT2D eigenvalue weighted by atomic mass is 32.2. The zero-order valence-electron chi connectivity index (χ0n) is 9.90. The molecule has 4 nitrogen and oxygen atoms in total. The average molecular weight is 232 g/mol. The number of rotatable bonds is 1. The summed E-state index contributed by atoms with van der Waals surface area (Å²) in [6.45, 7) is 8.15. The summed E-state index contributed by atoms with van der Waals surface area (Å²) in [5.74, 6) is 0. The summed E-state index contributed by atoms with van der Waals surface area (Å²) in [5.41, 5.74) is 0.156. The molecule has 2 aliphatic heterocycles. The van der Waals surface area contributed by atoms with Crippen molar-refractivity contribution >= 4 is 10.0 Å². The Labute approximate surface area is 92.3 Å². The fourth-order valence-electron chi connectivity index (χ4n) is 2.86. The number of nitrogens with zero attached hydrogens (tertiary/aromatic N) is 2. The van der Waals surface area contributed by atoms with Crippen molar-refractivity contribution in [2.75, 3.05) is 19.3 Å². The first kappa shape index (κ1) is 11.4. The maximum atomic E-state index is 11.5. The molecule has 2 heterocycles. The Morgan fingerprint density at radius 2 is 1.73 bits per heavy atom. The molecule has 0 aromatic carbocycles. The molecule has 88 valence electrons. The van der Waals surface area contributed by atoms with E-state index in [2.05, 4.69) is 25.7 Å². The van der Waals surface area contributed by atoms with Crippen LogP contribution in [0.25, 0.3) is 0 Å². The number of hydrogen-bond donors (Lipinski definition) is 0. The third-order valence-corrected chi connectivity index (χ3v) is 4.78. The summed E-state index contributed by atoms with van der Waals surface area (Å²) in [6, 6.07) is 0.633. The van der Waals surface area contributed by atoms with E-state index in [1.54, 1.807) is 4.31 Å². The summed E-state index contributed by atoms with van der Waals surface area (Å²) in [7, 11) is -3.00. The van der Waals surface area contributed by atoms with Gasteiger partial charge in [-0.05, 0) is 27.2 Å². The molecule has 2 bridgehead atoms. The van der Waals surface area contributed by atoms with E-state index in [9.17, 15) is 8.42 Å². The highest BCUT2D eigenvalue weighted by Crippen LogP contribution is 2.36. The molecule has 0 amide bonds. The molecule has 0 spiro atoms. The summed E-state index contributed by atoms with van der Waals surface area (Å²) in [6.07, 6.45) is 2.32. The third-order valence-electron chi connectivity index (χ3n) is 3.48. The van der Waals surface area contributed by atoms with E-state index in [1.165, 1.54) is 6.26 Å². The lowest BCUT2D eigenvalue weighted by molar-refractivity contribution is 0.0841. The van der Waals surface area contributed by atoms with Crippen molar-refractivity contribution in [3.8, 4) is 0 Å². The van der Waals surface area contributed by atoms with Crippen molar-refractivity contribution in [1.29, 1.82) is 0 Å². The number of sulfonamides is 1. The highest BCUT2D eigenvalue weighted by Gasteiger charge is 2.49. The first-order valence-corrected chi connectivity index (χ1v) is 7.28. The Morgan fingerprint density at radius 1 is 1.13 bits per heavy atom. The van der Waals surface area contributed by atoms with Gasteiger partial charge in [0, 0.05) is 30.7 Å². The SMILES string of the molecule is CC(C)(C)N1C[C@@H]2C[C@H]1CN2S(C)(=O)=O. The molecule has 15 heavy (non-hydrogen) atoms. The summed E-state index contributed by atoms with van der Waals surface area (Å²) < 4.78 is 24.6. The largest absolute Gasteiger partial charge is 0.293 e. The predicted molar refractivity (Wildman–Crippen MR) is 60.2 cm³/mol. The molecule has 0 radical (unpaired) electrons. The van der Waals surface area contributed by atoms with Gasteiger partial charge in [-0.3, -0.25) is 4.90 Å². The molecule has 2 rings (SSSR count). The molecular formula is C10H20N2O2S. The monoisotopic (exact) mass is 232 g/mol. The third kappa shape index (κ3) is 1.92. The molecular weight excluding hydrogens is 212 g/mol. The topological polar surface area (TPSA) is 40.6 Å². The highest BCUT2D eigenvalue weighted by molar-refractivity contribution is 7.88. The van der Waals surface area contributed by atoms with E-state index in [0.29, 0.717) is 12.6 Å². The normalized spacial score (nSPS) is 33.9. The quantitative estimate of drug-likeness (QED) is 0.661. The molecule has 0 aliphatic carbocycles. The fourth-order valence-corrected chi connectivity index (χ4v) is 4.00. The smallest absolute Gasteiger partial charge is 0.211 e. The zero-order valence-corrected chi connectivity index (χ0v) is 10.7. The molecule has 2 aliphatic rings. The Balaban J connectivity index is 2.14. The van der Waals surface area contributed by atoms with E-state index in [0.717, 1.165) is 13.0 Å². The van der Waals surface area contributed by atoms with Crippen LogP contribution in [-0.4, -0.2) is 54.6 Å². The fraction of sp³-hybridized carbons (Fsp3) is 1.00. The summed E-state index contributed by atoms with van der Waals surface area (Å²) >= 11 is 0. The van der Waals surface area contributed by atoms with Gasteiger partial charge in [0.2, 0.25) is 10.0 Å². The van der Waals surface area contributed by atoms with Crippen molar-refractivity contribution in [1.82, 2.24) is 9.21 Å². The molecule has 0 N–H and O–H groups in total. The lowest BCUT2D eigenvalue weighted by atomic mass is 10.0. The maximum Gasteiger partial charge on any atom is 0.211 e. The second kappa shape index (κ2) is 3.18. The standard InChI is InChI=1S/C10H20N2O2S/c1-10(2,3)11-6-9-5-8(11)7-12(9)15(4,13)14/h8-9H,5-7H2,1-4H3/t8-,9-/m0/s1. The Kier molecular flexibility index (Phi) is 2.41. The molecule has 2 saturated heterocycles. The minimum Gasteiger partial charge on any atom is -0.293 e. The molecule has 0 saturated carbocycles. The number of likely N-dealkylation sites (tertiary alicyclic amines) is 1. The van der Waals surface area contributed by atoms with Crippen molar-refractivity contribution in [2.24, 2.45) is 0 Å². The van der Waals surface area contributed by atoms with E-state index < -0.39 is 10.0 Å². The Morgan fingerprint density at radius 3 is 2.07 bits per heavy atom. The van der Waals surface area contributed by atoms with Crippen LogP contribution in [0, 0.1) is 0 Å². The van der Waals surface area contributed by atoms with Crippen LogP contribution in [-0.2, 0) is 10.0 Å². The number of piperazine rings is 1. The van der Waals surface area contributed by atoms with Gasteiger partial charge in [0.15, 0.2) is 0 Å². The Bertz CT molecular complexity index is 358. The van der Waals surface area contributed by atoms with Crippen LogP contribution in [0.15, 0.2) is 0 Å². The van der Waals surface area contributed by atoms with Crippen LogP contribution < -0.4 is 0 Å². The number of fused-ring (bicyclic) bond motifs is 2. The maximum absolute atomic E-state index is 11.5. The van der Waals surface area contributed by atoms with E-state index in [4.69, 9.17) is 0 Å². The van der Waals surface area contributed by atoms with Gasteiger partial charge < -0.3 is 0 Å². The molecule has 0 aromatic heterocycles. The van der Waals surface area contributed by atoms with Crippen LogP contribution in [0.3, 0.4) is 0 Å². The van der Waals surface area contributed by atoms with Crippen LogP contribution in [0.4, 0.5) is 0 Å². The molecule has 2 fully saturated rings. The van der Waals surface area contributed by atoms with Crippen LogP contribution in [0.1, 0.15) is 27.2 Å². The summed E-state index contributed by atoms with van der Waals surface area (Å²) in [4.78, 5) is 2.43. The van der Waals surface area contributed by atoms with Gasteiger partial charge in [-0.1, -0.05) is 0 Å². The molecule has 5 heteroatoms. The average Bonchev–Trinajstić information content (AvgIpc) is 2.57. The first-order valence-electron chi connectivity index (χ1n) is 5.43. The van der Waals surface area contributed by atoms with Crippen molar-refractivity contribution in [3.05, 3.63) is 0 Å². The van der Waals surface area contributed by atoms with E-state index in [1.807, 2.05) is 0 Å². The van der Waals surface area contributed by atoms with Gasteiger partial charge >= 0.3 is 0 Å². The second-order valence-corrected chi connectivity index (χ2v) is 7.63. The van der Waals surface area contributed by atoms with Crippen LogP contribution >= 0.6 is 0 Å². The van der Waals surface area contributed by atoms with Gasteiger partial charge in [0.05, 0.1) is 6.26 Å². The molecule has 2 atom stereocenters. The minimum absolute atomic E-state index is 0.156. The second-order valence-electron chi connectivity index (χ2n) is 5.70. The zero-order chi connectivity index (χ0) is 11.4. The van der Waals surface area contributed by atoms with E-state index >= 15 is 0 Å². The van der Waals surface area contributed by atoms with E-state index in [-0.39, 0.29) is 11.6 Å². The van der Waals surface area contributed by atoms with Gasteiger partial charge in [0.1, 0.15) is 0 Å².